The van der Waals surface area contributed by atoms with Gasteiger partial charge in [-0.15, -0.1) is 0 Å². The minimum absolute atomic E-state index is 0.0447. The number of para-hydroxylation sites is 1. The first-order valence-electron chi connectivity index (χ1n) is 5.77. The Bertz CT molecular complexity index is 888. The topological polar surface area (TPSA) is 39.1 Å². The van der Waals surface area contributed by atoms with Gasteiger partial charge in [0, 0.05) is 16.1 Å². The number of fused-ring (bicyclic) bond motifs is 1. The van der Waals surface area contributed by atoms with Crippen LogP contribution in [-0.4, -0.2) is 12.4 Å². The molecule has 3 aromatic rings. The normalized spacial score (nSPS) is 11.9. The van der Waals surface area contributed by atoms with E-state index >= 15 is 0 Å². The van der Waals surface area contributed by atoms with Gasteiger partial charge in [-0.1, -0.05) is 30.3 Å². The second-order valence-electron chi connectivity index (χ2n) is 4.23. The van der Waals surface area contributed by atoms with E-state index in [0.717, 1.165) is 3.97 Å². The zero-order chi connectivity index (χ0) is 14.3. The van der Waals surface area contributed by atoms with Crippen LogP contribution in [0.3, 0.4) is 0 Å². The van der Waals surface area contributed by atoms with Crippen molar-refractivity contribution in [3.63, 3.8) is 0 Å². The van der Waals surface area contributed by atoms with Crippen molar-refractivity contribution in [3.05, 3.63) is 65.0 Å². The van der Waals surface area contributed by atoms with Crippen molar-refractivity contribution in [2.75, 3.05) is 0 Å². The molecule has 0 aliphatic carbocycles. The third kappa shape index (κ3) is 1.96. The molecule has 0 N–H and O–H groups in total. The molecule has 20 heavy (non-hydrogen) atoms. The van der Waals surface area contributed by atoms with Crippen LogP contribution in [0, 0.1) is 5.82 Å². The van der Waals surface area contributed by atoms with Crippen molar-refractivity contribution in [2.45, 2.75) is 4.90 Å². The lowest BCUT2D eigenvalue weighted by molar-refractivity contribution is 0.586. The first-order valence-corrected chi connectivity index (χ1v) is 8.01. The minimum Gasteiger partial charge on any atom is -0.237 e. The Hall–Kier alpha value is -1.66. The van der Waals surface area contributed by atoms with Gasteiger partial charge in [0.1, 0.15) is 11.3 Å². The van der Waals surface area contributed by atoms with E-state index in [-0.39, 0.29) is 10.4 Å². The van der Waals surface area contributed by atoms with Crippen LogP contribution in [-0.2, 0) is 10.0 Å². The van der Waals surface area contributed by atoms with E-state index in [9.17, 15) is 12.8 Å². The molecule has 3 rings (SSSR count). The first kappa shape index (κ1) is 13.3. The second-order valence-corrected chi connectivity index (χ2v) is 6.90. The predicted molar refractivity (Wildman–Crippen MR) is 78.6 cm³/mol. The SMILES string of the molecule is O=S(=O)(c1ccccc1)n1cc(Br)c2cccc(F)c21. The van der Waals surface area contributed by atoms with Gasteiger partial charge in [-0.3, -0.25) is 0 Å². The van der Waals surface area contributed by atoms with Crippen molar-refractivity contribution < 1.29 is 12.8 Å². The van der Waals surface area contributed by atoms with Crippen LogP contribution in [0.15, 0.2) is 64.1 Å². The van der Waals surface area contributed by atoms with Crippen molar-refractivity contribution >= 4 is 36.9 Å². The van der Waals surface area contributed by atoms with E-state index in [1.54, 1.807) is 30.3 Å². The molecule has 0 aliphatic heterocycles. The average molecular weight is 354 g/mol. The molecular formula is C14H9BrFNO2S. The van der Waals surface area contributed by atoms with Crippen molar-refractivity contribution in [3.8, 4) is 0 Å². The highest BCUT2D eigenvalue weighted by atomic mass is 79.9. The number of benzene rings is 2. The van der Waals surface area contributed by atoms with Crippen LogP contribution in [0.25, 0.3) is 10.9 Å². The molecule has 102 valence electrons. The minimum atomic E-state index is -3.82. The van der Waals surface area contributed by atoms with Crippen molar-refractivity contribution in [1.82, 2.24) is 3.97 Å². The molecule has 0 radical (unpaired) electrons. The smallest absolute Gasteiger partial charge is 0.237 e. The van der Waals surface area contributed by atoms with Crippen LogP contribution >= 0.6 is 15.9 Å². The molecule has 0 bridgehead atoms. The van der Waals surface area contributed by atoms with Gasteiger partial charge in [0.2, 0.25) is 0 Å². The number of halogens is 2. The molecule has 1 aromatic heterocycles. The van der Waals surface area contributed by atoms with Gasteiger partial charge in [-0.05, 0) is 34.1 Å². The molecule has 2 aromatic carbocycles. The zero-order valence-corrected chi connectivity index (χ0v) is 12.5. The number of hydrogen-bond donors (Lipinski definition) is 0. The van der Waals surface area contributed by atoms with E-state index in [1.807, 2.05) is 0 Å². The maximum atomic E-state index is 14.0. The summed E-state index contributed by atoms with van der Waals surface area (Å²) in [5.74, 6) is -0.576. The summed E-state index contributed by atoms with van der Waals surface area (Å²) in [6.45, 7) is 0. The molecule has 0 unspecified atom stereocenters. The van der Waals surface area contributed by atoms with Gasteiger partial charge < -0.3 is 0 Å². The van der Waals surface area contributed by atoms with Gasteiger partial charge in [-0.25, -0.2) is 16.8 Å². The fourth-order valence-corrected chi connectivity index (χ4v) is 4.12. The molecule has 1 heterocycles. The van der Waals surface area contributed by atoms with Crippen LogP contribution in [0.1, 0.15) is 0 Å². The quantitative estimate of drug-likeness (QED) is 0.703. The van der Waals surface area contributed by atoms with Crippen LogP contribution in [0.2, 0.25) is 0 Å². The highest BCUT2D eigenvalue weighted by Crippen LogP contribution is 2.30. The lowest BCUT2D eigenvalue weighted by atomic mass is 10.2. The van der Waals surface area contributed by atoms with Gasteiger partial charge in [0.05, 0.1) is 4.90 Å². The monoisotopic (exact) mass is 353 g/mol. The molecule has 0 atom stereocenters. The van der Waals surface area contributed by atoms with Gasteiger partial charge in [-0.2, -0.15) is 0 Å². The third-order valence-electron chi connectivity index (χ3n) is 3.00. The molecular weight excluding hydrogens is 345 g/mol. The van der Waals surface area contributed by atoms with E-state index in [1.165, 1.54) is 24.4 Å². The molecule has 6 heteroatoms. The third-order valence-corrected chi connectivity index (χ3v) is 5.30. The Morgan fingerprint density at radius 2 is 1.70 bits per heavy atom. The summed E-state index contributed by atoms with van der Waals surface area (Å²) in [4.78, 5) is 0.118. The van der Waals surface area contributed by atoms with E-state index in [4.69, 9.17) is 0 Å². The van der Waals surface area contributed by atoms with Gasteiger partial charge in [0.25, 0.3) is 10.0 Å². The van der Waals surface area contributed by atoms with E-state index < -0.39 is 15.8 Å². The molecule has 0 saturated carbocycles. The number of nitrogens with zero attached hydrogens (tertiary/aromatic N) is 1. The summed E-state index contributed by atoms with van der Waals surface area (Å²) in [5.41, 5.74) is 0.0447. The Morgan fingerprint density at radius 3 is 2.40 bits per heavy atom. The fourth-order valence-electron chi connectivity index (χ4n) is 2.06. The molecule has 0 spiro atoms. The maximum Gasteiger partial charge on any atom is 0.268 e. The molecule has 0 saturated heterocycles. The average Bonchev–Trinajstić information content (AvgIpc) is 2.80. The van der Waals surface area contributed by atoms with Crippen LogP contribution < -0.4 is 0 Å². The Morgan fingerprint density at radius 1 is 1.00 bits per heavy atom. The highest BCUT2D eigenvalue weighted by molar-refractivity contribution is 9.10. The van der Waals surface area contributed by atoms with E-state index in [2.05, 4.69) is 15.9 Å². The summed E-state index contributed by atoms with van der Waals surface area (Å²) in [6, 6.07) is 12.4. The maximum absolute atomic E-state index is 14.0. The molecule has 0 amide bonds. The number of hydrogen-bond acceptors (Lipinski definition) is 2. The Labute approximate surface area is 123 Å². The lowest BCUT2D eigenvalue weighted by Gasteiger charge is -2.07. The summed E-state index contributed by atoms with van der Waals surface area (Å²) in [5, 5.41) is 0.518. The number of aromatic nitrogens is 1. The fraction of sp³-hybridized carbons (Fsp3) is 0. The predicted octanol–water partition coefficient (Wildman–Crippen LogP) is 3.78. The van der Waals surface area contributed by atoms with E-state index in [0.29, 0.717) is 9.86 Å². The summed E-state index contributed by atoms with van der Waals surface area (Å²) >= 11 is 3.26. The first-order chi connectivity index (χ1) is 9.51. The Kier molecular flexibility index (Phi) is 3.14. The zero-order valence-electron chi connectivity index (χ0n) is 10.1. The van der Waals surface area contributed by atoms with Crippen molar-refractivity contribution in [1.29, 1.82) is 0 Å². The second kappa shape index (κ2) is 4.71. The van der Waals surface area contributed by atoms with Gasteiger partial charge >= 0.3 is 0 Å². The number of rotatable bonds is 2. The Balaban J connectivity index is 2.36. The summed E-state index contributed by atoms with van der Waals surface area (Å²) in [6.07, 6.45) is 1.37. The standard InChI is InChI=1S/C14H9BrFNO2S/c15-12-9-17(14-11(12)7-4-8-13(14)16)20(18,19)10-5-2-1-3-6-10/h1-9H. The molecule has 0 fully saturated rings. The van der Waals surface area contributed by atoms with Crippen LogP contribution in [0.4, 0.5) is 4.39 Å². The van der Waals surface area contributed by atoms with Crippen molar-refractivity contribution in [2.24, 2.45) is 0 Å². The van der Waals surface area contributed by atoms with Gasteiger partial charge in [0.15, 0.2) is 0 Å². The molecule has 0 aliphatic rings. The largest absolute Gasteiger partial charge is 0.268 e. The molecule has 3 nitrogen and oxygen atoms in total. The highest BCUT2D eigenvalue weighted by Gasteiger charge is 2.22. The van der Waals surface area contributed by atoms with Crippen LogP contribution in [0.5, 0.6) is 0 Å². The summed E-state index contributed by atoms with van der Waals surface area (Å²) < 4.78 is 40.7. The lowest BCUT2D eigenvalue weighted by Crippen LogP contribution is -2.12. The summed E-state index contributed by atoms with van der Waals surface area (Å²) in [7, 11) is -3.82.